The molecule has 14 nitrogen and oxygen atoms in total. The number of aliphatic hydroxyl groups excluding tert-OH is 8. The number of carbonyl (C=O) groups excluding carboxylic acids is 1. The second-order valence-corrected chi connectivity index (χ2v) is 19.0. The number of carbonyl (C=O) groups is 1. The second-order valence-electron chi connectivity index (χ2n) is 19.0. The number of amides is 1. The third-order valence-electron chi connectivity index (χ3n) is 13.3. The van der Waals surface area contributed by atoms with Gasteiger partial charge in [0.1, 0.15) is 48.8 Å². The maximum Gasteiger partial charge on any atom is 0.220 e. The molecule has 0 bridgehead atoms. The van der Waals surface area contributed by atoms with Gasteiger partial charge < -0.3 is 65.1 Å². The summed E-state index contributed by atoms with van der Waals surface area (Å²) >= 11 is 0. The fourth-order valence-electron chi connectivity index (χ4n) is 9.00. The molecule has 0 aromatic rings. The number of unbranched alkanes of at least 4 members (excludes halogenated alkanes) is 28. The summed E-state index contributed by atoms with van der Waals surface area (Å²) in [6, 6.07) is -0.820. The van der Waals surface area contributed by atoms with Crippen LogP contribution in [0.2, 0.25) is 0 Å². The van der Waals surface area contributed by atoms with Crippen molar-refractivity contribution in [1.29, 1.82) is 0 Å². The van der Waals surface area contributed by atoms with Crippen molar-refractivity contribution in [3.63, 3.8) is 0 Å². The quantitative estimate of drug-likeness (QED) is 0.0282. The molecule has 0 saturated carbocycles. The first kappa shape index (κ1) is 59.1. The van der Waals surface area contributed by atoms with Crippen LogP contribution in [0.1, 0.15) is 219 Å². The van der Waals surface area contributed by atoms with E-state index in [-0.39, 0.29) is 12.5 Å². The predicted molar refractivity (Wildman–Crippen MR) is 249 cm³/mol. The summed E-state index contributed by atoms with van der Waals surface area (Å²) in [7, 11) is 0. The predicted octanol–water partition coefficient (Wildman–Crippen LogP) is 7.00. The molecule has 12 unspecified atom stereocenters. The van der Waals surface area contributed by atoms with Crippen LogP contribution < -0.4 is 5.32 Å². The van der Waals surface area contributed by atoms with Crippen LogP contribution in [0.4, 0.5) is 0 Å². The van der Waals surface area contributed by atoms with Crippen LogP contribution in [0.25, 0.3) is 0 Å². The number of hydrogen-bond acceptors (Lipinski definition) is 13. The van der Waals surface area contributed by atoms with Crippen LogP contribution in [0.15, 0.2) is 0 Å². The molecule has 14 heteroatoms. The van der Waals surface area contributed by atoms with E-state index in [0.29, 0.717) is 12.8 Å². The first-order chi connectivity index (χ1) is 31.1. The Labute approximate surface area is 387 Å². The Hall–Kier alpha value is -1.01. The van der Waals surface area contributed by atoms with Gasteiger partial charge in [-0.25, -0.2) is 0 Å². The highest BCUT2D eigenvalue weighted by Crippen LogP contribution is 2.30. The van der Waals surface area contributed by atoms with E-state index in [9.17, 15) is 45.6 Å². The summed E-state index contributed by atoms with van der Waals surface area (Å²) in [6.45, 7) is 2.86. The van der Waals surface area contributed by atoms with E-state index in [1.54, 1.807) is 0 Å². The van der Waals surface area contributed by atoms with E-state index in [1.165, 1.54) is 141 Å². The van der Waals surface area contributed by atoms with Crippen molar-refractivity contribution in [2.24, 2.45) is 0 Å². The largest absolute Gasteiger partial charge is 0.394 e. The monoisotopic (exact) mass is 920 g/mol. The summed E-state index contributed by atoms with van der Waals surface area (Å²) in [4.78, 5) is 13.2. The van der Waals surface area contributed by atoms with E-state index < -0.39 is 86.8 Å². The molecule has 0 aromatic carbocycles. The minimum absolute atomic E-state index is 0.205. The summed E-state index contributed by atoms with van der Waals surface area (Å²) in [5.41, 5.74) is 0. The molecule has 2 saturated heterocycles. The lowest BCUT2D eigenvalue weighted by Crippen LogP contribution is -2.65. The number of ether oxygens (including phenoxy) is 4. The van der Waals surface area contributed by atoms with E-state index in [4.69, 9.17) is 18.9 Å². The topological polar surface area (TPSA) is 228 Å². The number of rotatable bonds is 41. The van der Waals surface area contributed by atoms with Crippen LogP contribution in [0, 0.1) is 0 Å². The zero-order valence-electron chi connectivity index (χ0n) is 40.3. The Kier molecular flexibility index (Phi) is 35.0. The Morgan fingerprint density at radius 1 is 0.500 bits per heavy atom. The molecule has 64 heavy (non-hydrogen) atoms. The van der Waals surface area contributed by atoms with E-state index in [1.807, 2.05) is 0 Å². The van der Waals surface area contributed by atoms with Crippen LogP contribution in [-0.4, -0.2) is 140 Å². The highest BCUT2D eigenvalue weighted by molar-refractivity contribution is 5.76. The Bertz CT molecular complexity index is 1090. The van der Waals surface area contributed by atoms with Gasteiger partial charge in [-0.05, 0) is 12.8 Å². The van der Waals surface area contributed by atoms with Crippen molar-refractivity contribution < 1.29 is 64.6 Å². The summed E-state index contributed by atoms with van der Waals surface area (Å²) in [6.07, 6.45) is 21.1. The van der Waals surface area contributed by atoms with Gasteiger partial charge >= 0.3 is 0 Å². The third kappa shape index (κ3) is 24.8. The molecule has 2 rings (SSSR count). The molecule has 12 atom stereocenters. The van der Waals surface area contributed by atoms with Crippen molar-refractivity contribution in [3.05, 3.63) is 0 Å². The number of nitrogens with one attached hydrogen (secondary N) is 1. The minimum atomic E-state index is -1.78. The lowest BCUT2D eigenvalue weighted by atomic mass is 9.97. The maximum atomic E-state index is 13.2. The maximum absolute atomic E-state index is 13.2. The summed E-state index contributed by atoms with van der Waals surface area (Å²) < 4.78 is 22.7. The molecule has 2 aliphatic heterocycles. The van der Waals surface area contributed by atoms with E-state index in [2.05, 4.69) is 19.2 Å². The zero-order valence-corrected chi connectivity index (χ0v) is 40.3. The van der Waals surface area contributed by atoms with Crippen LogP contribution in [0.5, 0.6) is 0 Å². The van der Waals surface area contributed by atoms with Gasteiger partial charge in [-0.1, -0.05) is 200 Å². The first-order valence-corrected chi connectivity index (χ1v) is 26.3. The molecule has 0 aliphatic carbocycles. The average molecular weight is 920 g/mol. The van der Waals surface area contributed by atoms with E-state index in [0.717, 1.165) is 51.4 Å². The van der Waals surface area contributed by atoms with Crippen molar-refractivity contribution in [2.75, 3.05) is 19.8 Å². The fourth-order valence-corrected chi connectivity index (χ4v) is 9.00. The first-order valence-electron chi connectivity index (χ1n) is 26.3. The molecular weight excluding hydrogens is 823 g/mol. The molecule has 0 spiro atoms. The molecule has 1 amide bonds. The Balaban J connectivity index is 1.80. The second kappa shape index (κ2) is 37.9. The van der Waals surface area contributed by atoms with Crippen LogP contribution >= 0.6 is 0 Å². The normalized spacial score (nSPS) is 27.2. The van der Waals surface area contributed by atoms with Crippen molar-refractivity contribution >= 4 is 5.91 Å². The molecule has 380 valence electrons. The third-order valence-corrected chi connectivity index (χ3v) is 13.3. The van der Waals surface area contributed by atoms with Gasteiger partial charge in [-0.3, -0.25) is 4.79 Å². The Morgan fingerprint density at radius 3 is 1.33 bits per heavy atom. The van der Waals surface area contributed by atoms with Crippen molar-refractivity contribution in [2.45, 2.75) is 293 Å². The Morgan fingerprint density at radius 2 is 0.891 bits per heavy atom. The fraction of sp³-hybridized carbons (Fsp3) is 0.980. The standard InChI is InChI=1S/C50H97NO13/c1-3-5-7-9-11-13-15-16-17-18-19-20-21-22-24-25-27-29-31-33-39(54)38(51-42(55)34-32-30-28-26-23-14-12-10-8-6-4-2)37-61-49-47(60)45(58)48(41(36-53)63-49)64-50-46(59)44(57)43(56)40(35-52)62-50/h38-41,43-50,52-54,56-60H,3-37H2,1-2H3,(H,51,55). The van der Waals surface area contributed by atoms with Crippen molar-refractivity contribution in [1.82, 2.24) is 5.32 Å². The highest BCUT2D eigenvalue weighted by Gasteiger charge is 2.51. The van der Waals surface area contributed by atoms with Gasteiger partial charge in [-0.2, -0.15) is 0 Å². The molecular formula is C50H97NO13. The minimum Gasteiger partial charge on any atom is -0.394 e. The van der Waals surface area contributed by atoms with Gasteiger partial charge in [0, 0.05) is 6.42 Å². The molecule has 0 aromatic heterocycles. The lowest BCUT2D eigenvalue weighted by molar-refractivity contribution is -0.359. The van der Waals surface area contributed by atoms with Crippen LogP contribution in [0.3, 0.4) is 0 Å². The summed E-state index contributed by atoms with van der Waals surface area (Å²) in [5, 5.41) is 86.9. The average Bonchev–Trinajstić information content (AvgIpc) is 3.29. The SMILES string of the molecule is CCCCCCCCCCCCCCCCCCCCCC(O)C(COC1OC(CO)C(OC2OC(CO)C(O)C(O)C2O)C(O)C1O)NC(=O)CCCCCCCCCCCCC. The molecule has 2 fully saturated rings. The van der Waals surface area contributed by atoms with Gasteiger partial charge in [0.15, 0.2) is 12.6 Å². The number of hydrogen-bond donors (Lipinski definition) is 9. The van der Waals surface area contributed by atoms with Crippen LogP contribution in [-0.2, 0) is 23.7 Å². The zero-order chi connectivity index (χ0) is 46.8. The van der Waals surface area contributed by atoms with Gasteiger partial charge in [0.2, 0.25) is 5.91 Å². The molecule has 9 N–H and O–H groups in total. The van der Waals surface area contributed by atoms with E-state index >= 15 is 0 Å². The molecule has 0 radical (unpaired) electrons. The molecule has 2 heterocycles. The number of aliphatic hydroxyl groups is 8. The van der Waals surface area contributed by atoms with Gasteiger partial charge in [-0.15, -0.1) is 0 Å². The lowest BCUT2D eigenvalue weighted by Gasteiger charge is -2.46. The molecule has 2 aliphatic rings. The summed E-state index contributed by atoms with van der Waals surface area (Å²) in [5.74, 6) is -0.205. The van der Waals surface area contributed by atoms with Gasteiger partial charge in [0.25, 0.3) is 0 Å². The van der Waals surface area contributed by atoms with Crippen molar-refractivity contribution in [3.8, 4) is 0 Å². The smallest absolute Gasteiger partial charge is 0.220 e. The highest BCUT2D eigenvalue weighted by atomic mass is 16.7. The van der Waals surface area contributed by atoms with Gasteiger partial charge in [0.05, 0.1) is 32.0 Å².